The lowest BCUT2D eigenvalue weighted by Gasteiger charge is -2.28. The topological polar surface area (TPSA) is 115 Å². The maximum Gasteiger partial charge on any atom is 0.404 e. The van der Waals surface area contributed by atoms with Gasteiger partial charge in [-0.1, -0.05) is 12.2 Å². The number of carbonyl (C=O) groups excluding carboxylic acids is 1. The number of fused-ring (bicyclic) bond motifs is 3. The van der Waals surface area contributed by atoms with Crippen LogP contribution in [-0.2, 0) is 17.6 Å². The Kier molecular flexibility index (Phi) is 7.09. The number of alkyl halides is 2. The van der Waals surface area contributed by atoms with Crippen molar-refractivity contribution in [3.8, 4) is 5.75 Å². The predicted molar refractivity (Wildman–Crippen MR) is 131 cm³/mol. The van der Waals surface area contributed by atoms with E-state index >= 15 is 0 Å². The first-order valence-electron chi connectivity index (χ1n) is 12.2. The first-order chi connectivity index (χ1) is 17.8. The maximum absolute atomic E-state index is 14.7. The van der Waals surface area contributed by atoms with E-state index in [0.29, 0.717) is 37.4 Å². The highest BCUT2D eigenvalue weighted by Gasteiger charge is 2.47. The third-order valence-corrected chi connectivity index (χ3v) is 7.25. The summed E-state index contributed by atoms with van der Waals surface area (Å²) in [6.45, 7) is 0.817. The molecule has 198 valence electrons. The van der Waals surface area contributed by atoms with Crippen LogP contribution in [0.25, 0.3) is 0 Å². The number of nitrogens with two attached hydrogens (primary N) is 1. The third kappa shape index (κ3) is 5.43. The number of halogens is 3. The van der Waals surface area contributed by atoms with Crippen LogP contribution in [0.2, 0.25) is 0 Å². The smallest absolute Gasteiger partial charge is 0.404 e. The average Bonchev–Trinajstić information content (AvgIpc) is 3.39. The highest BCUT2D eigenvalue weighted by molar-refractivity contribution is 5.66. The van der Waals surface area contributed by atoms with Gasteiger partial charge in [0.1, 0.15) is 11.9 Å². The number of benzene rings is 1. The quantitative estimate of drug-likeness (QED) is 0.455. The first kappa shape index (κ1) is 25.1. The van der Waals surface area contributed by atoms with Gasteiger partial charge in [0.2, 0.25) is 5.95 Å². The van der Waals surface area contributed by atoms with Crippen molar-refractivity contribution >= 4 is 23.5 Å². The van der Waals surface area contributed by atoms with Gasteiger partial charge < -0.3 is 25.8 Å². The molecule has 1 aromatic carbocycles. The monoisotopic (exact) mass is 518 g/mol. The van der Waals surface area contributed by atoms with Crippen molar-refractivity contribution in [3.63, 3.8) is 0 Å². The van der Waals surface area contributed by atoms with Gasteiger partial charge in [0.05, 0.1) is 31.6 Å². The van der Waals surface area contributed by atoms with Gasteiger partial charge >= 0.3 is 6.09 Å². The number of carbonyl (C=O) groups is 1. The molecular weight excluding hydrogens is 489 g/mol. The Bertz CT molecular complexity index is 1200. The number of methoxy groups -OCH3 is 1. The number of ether oxygens (including phenoxy) is 2. The molecule has 0 spiro atoms. The van der Waals surface area contributed by atoms with Gasteiger partial charge in [-0.15, -0.1) is 0 Å². The molecule has 3 aliphatic rings. The molecule has 37 heavy (non-hydrogen) atoms. The van der Waals surface area contributed by atoms with Crippen molar-refractivity contribution in [2.45, 2.75) is 37.8 Å². The summed E-state index contributed by atoms with van der Waals surface area (Å²) >= 11 is 0. The van der Waals surface area contributed by atoms with E-state index in [4.69, 9.17) is 15.2 Å². The Balaban J connectivity index is 1.35. The van der Waals surface area contributed by atoms with Crippen LogP contribution in [0.5, 0.6) is 5.75 Å². The molecule has 2 aromatic rings. The highest BCUT2D eigenvalue weighted by Crippen LogP contribution is 2.42. The van der Waals surface area contributed by atoms with Gasteiger partial charge in [0.25, 0.3) is 6.43 Å². The molecule has 4 N–H and O–H groups in total. The van der Waals surface area contributed by atoms with Gasteiger partial charge in [-0.3, -0.25) is 4.90 Å². The molecule has 4 unspecified atom stereocenters. The van der Waals surface area contributed by atoms with E-state index in [9.17, 15) is 18.0 Å². The van der Waals surface area contributed by atoms with Crippen molar-refractivity contribution in [2.24, 2.45) is 17.6 Å². The van der Waals surface area contributed by atoms with E-state index in [2.05, 4.69) is 20.6 Å². The number of nitrogens with zero attached hydrogens (tertiary/aromatic N) is 3. The lowest BCUT2D eigenvalue weighted by molar-refractivity contribution is 0.0852. The Hall–Kier alpha value is -3.54. The fraction of sp³-hybridized carbons (Fsp3) is 0.480. The number of aromatic nitrogens is 2. The third-order valence-electron chi connectivity index (χ3n) is 7.25. The average molecular weight is 519 g/mol. The van der Waals surface area contributed by atoms with Gasteiger partial charge in [-0.25, -0.2) is 22.9 Å². The largest absolute Gasteiger partial charge is 0.495 e. The molecule has 1 fully saturated rings. The molecular formula is C25H29F3N6O3. The number of nitrogens with one attached hydrogen (secondary N) is 2. The summed E-state index contributed by atoms with van der Waals surface area (Å²) in [6.07, 6.45) is 3.30. The molecule has 2 bridgehead atoms. The summed E-state index contributed by atoms with van der Waals surface area (Å²) in [4.78, 5) is 21.5. The van der Waals surface area contributed by atoms with E-state index in [1.54, 1.807) is 4.90 Å². The molecule has 2 aliphatic carbocycles. The molecule has 0 saturated heterocycles. The van der Waals surface area contributed by atoms with Crippen molar-refractivity contribution in [1.29, 1.82) is 0 Å². The second-order valence-electron chi connectivity index (χ2n) is 9.55. The first-order valence-corrected chi connectivity index (χ1v) is 12.2. The molecule has 1 saturated carbocycles. The van der Waals surface area contributed by atoms with Crippen LogP contribution in [0.15, 0.2) is 30.5 Å². The number of hydrogen-bond donors (Lipinski definition) is 3. The molecule has 1 aromatic heterocycles. The number of anilines is 3. The van der Waals surface area contributed by atoms with Gasteiger partial charge in [-0.05, 0) is 42.5 Å². The van der Waals surface area contributed by atoms with Crippen LogP contribution in [0.4, 0.5) is 35.4 Å². The van der Waals surface area contributed by atoms with Crippen LogP contribution in [-0.4, -0.2) is 66.3 Å². The molecule has 12 heteroatoms. The van der Waals surface area contributed by atoms with Crippen LogP contribution >= 0.6 is 0 Å². The van der Waals surface area contributed by atoms with E-state index in [1.165, 1.54) is 7.11 Å². The number of primary amides is 1. The van der Waals surface area contributed by atoms with Crippen molar-refractivity contribution in [3.05, 3.63) is 47.4 Å². The lowest BCUT2D eigenvalue weighted by Crippen LogP contribution is -2.41. The summed E-state index contributed by atoms with van der Waals surface area (Å²) in [5, 5.41) is 6.18. The molecule has 2 heterocycles. The van der Waals surface area contributed by atoms with Crippen molar-refractivity contribution < 1.29 is 27.4 Å². The summed E-state index contributed by atoms with van der Waals surface area (Å²) in [7, 11) is 1.53. The van der Waals surface area contributed by atoms with Crippen LogP contribution in [0.3, 0.4) is 0 Å². The Morgan fingerprint density at radius 2 is 1.95 bits per heavy atom. The standard InChI is InChI=1S/C25H29F3N6O3/c1-36-19-10-14-5-7-34(12-20(27)28)6-4-13(14)9-18(19)31-25-30-11-17(26)23(33-25)32-21-15-2-3-16(8-15)22(21)37-24(29)35/h2-3,9-11,15-16,20-22H,4-8,12H2,1H3,(H2,29,35)(H2,30,31,32,33). The zero-order chi connectivity index (χ0) is 26.1. The summed E-state index contributed by atoms with van der Waals surface area (Å²) in [5.74, 6) is 0.0613. The molecule has 1 amide bonds. The molecule has 9 nitrogen and oxygen atoms in total. The van der Waals surface area contributed by atoms with E-state index < -0.39 is 24.4 Å². The number of amides is 1. The van der Waals surface area contributed by atoms with E-state index in [-0.39, 0.29) is 36.2 Å². The van der Waals surface area contributed by atoms with Gasteiger partial charge in [0.15, 0.2) is 11.6 Å². The van der Waals surface area contributed by atoms with Crippen LogP contribution < -0.4 is 21.1 Å². The maximum atomic E-state index is 14.7. The number of hydrogen-bond acceptors (Lipinski definition) is 8. The predicted octanol–water partition coefficient (Wildman–Crippen LogP) is 3.48. The van der Waals surface area contributed by atoms with Crippen LogP contribution in [0, 0.1) is 17.7 Å². The molecule has 1 aliphatic heterocycles. The number of rotatable bonds is 8. The lowest BCUT2D eigenvalue weighted by atomic mass is 9.98. The molecule has 4 atom stereocenters. The summed E-state index contributed by atoms with van der Waals surface area (Å²) in [5.41, 5.74) is 7.87. The Labute approximate surface area is 212 Å². The minimum absolute atomic E-state index is 0.0120. The minimum atomic E-state index is -2.38. The van der Waals surface area contributed by atoms with Crippen molar-refractivity contribution in [2.75, 3.05) is 37.4 Å². The minimum Gasteiger partial charge on any atom is -0.495 e. The summed E-state index contributed by atoms with van der Waals surface area (Å²) in [6, 6.07) is 3.41. The van der Waals surface area contributed by atoms with Gasteiger partial charge in [0, 0.05) is 24.9 Å². The van der Waals surface area contributed by atoms with Gasteiger partial charge in [-0.2, -0.15) is 4.98 Å². The highest BCUT2D eigenvalue weighted by atomic mass is 19.3. The second-order valence-corrected chi connectivity index (χ2v) is 9.55. The van der Waals surface area contributed by atoms with Crippen LogP contribution in [0.1, 0.15) is 17.5 Å². The zero-order valence-electron chi connectivity index (χ0n) is 20.3. The fourth-order valence-corrected chi connectivity index (χ4v) is 5.51. The van der Waals surface area contributed by atoms with E-state index in [0.717, 1.165) is 23.7 Å². The Morgan fingerprint density at radius 3 is 2.65 bits per heavy atom. The fourth-order valence-electron chi connectivity index (χ4n) is 5.51. The Morgan fingerprint density at radius 1 is 1.22 bits per heavy atom. The zero-order valence-corrected chi connectivity index (χ0v) is 20.3. The van der Waals surface area contributed by atoms with Crippen molar-refractivity contribution in [1.82, 2.24) is 14.9 Å². The SMILES string of the molecule is COc1cc2c(cc1Nc1ncc(F)c(NC3C4C=CC(C4)C3OC(N)=O)n1)CCN(CC(F)F)CC2. The normalized spacial score (nSPS) is 24.6. The molecule has 5 rings (SSSR count). The second kappa shape index (κ2) is 10.4. The summed E-state index contributed by atoms with van der Waals surface area (Å²) < 4.78 is 51.3. The molecule has 0 radical (unpaired) electrons. The van der Waals surface area contributed by atoms with E-state index in [1.807, 2.05) is 24.3 Å².